The molecule has 3 rings (SSSR count). The molecular weight excluding hydrogens is 238 g/mol. The molecule has 19 heavy (non-hydrogen) atoms. The third-order valence-electron chi connectivity index (χ3n) is 3.97. The highest BCUT2D eigenvalue weighted by Crippen LogP contribution is 2.27. The molecule has 1 fully saturated rings. The molecule has 4 heteroatoms. The standard InChI is InChI=1S/C15H19N3O/c1-3-11-4-6-12(7-5-11)14-17-15(19-18-14)10(2)13-8-16-9-13/h4-7,10,13,16H,3,8-9H2,1-2H3. The van der Waals surface area contributed by atoms with Gasteiger partial charge in [-0.15, -0.1) is 0 Å². The molecular formula is C15H19N3O. The Balaban J connectivity index is 1.79. The largest absolute Gasteiger partial charge is 0.339 e. The predicted octanol–water partition coefficient (Wildman–Crippen LogP) is 2.62. The predicted molar refractivity (Wildman–Crippen MR) is 73.9 cm³/mol. The van der Waals surface area contributed by atoms with E-state index in [1.807, 2.05) is 0 Å². The first-order valence-electron chi connectivity index (χ1n) is 6.91. The molecule has 0 radical (unpaired) electrons. The molecule has 0 aliphatic carbocycles. The molecule has 1 aromatic carbocycles. The molecule has 2 heterocycles. The minimum Gasteiger partial charge on any atom is -0.339 e. The molecule has 0 spiro atoms. The lowest BCUT2D eigenvalue weighted by atomic mass is 9.89. The van der Waals surface area contributed by atoms with Crippen LogP contribution in [0.3, 0.4) is 0 Å². The molecule has 1 atom stereocenters. The van der Waals surface area contributed by atoms with E-state index in [0.717, 1.165) is 31.0 Å². The third-order valence-corrected chi connectivity index (χ3v) is 3.97. The molecule has 1 N–H and O–H groups in total. The zero-order valence-electron chi connectivity index (χ0n) is 11.4. The number of benzene rings is 1. The summed E-state index contributed by atoms with van der Waals surface area (Å²) in [5, 5.41) is 7.37. The molecule has 0 bridgehead atoms. The number of aromatic nitrogens is 2. The van der Waals surface area contributed by atoms with Crippen LogP contribution in [0.1, 0.15) is 31.2 Å². The van der Waals surface area contributed by atoms with Gasteiger partial charge in [-0.1, -0.05) is 43.3 Å². The van der Waals surface area contributed by atoms with Crippen molar-refractivity contribution >= 4 is 0 Å². The van der Waals surface area contributed by atoms with Gasteiger partial charge in [-0.2, -0.15) is 4.98 Å². The normalized spacial score (nSPS) is 17.2. The Morgan fingerprint density at radius 1 is 1.32 bits per heavy atom. The molecule has 0 amide bonds. The van der Waals surface area contributed by atoms with Gasteiger partial charge >= 0.3 is 0 Å². The van der Waals surface area contributed by atoms with E-state index < -0.39 is 0 Å². The molecule has 2 aromatic rings. The van der Waals surface area contributed by atoms with Gasteiger partial charge in [-0.3, -0.25) is 0 Å². The topological polar surface area (TPSA) is 51.0 Å². The lowest BCUT2D eigenvalue weighted by Crippen LogP contribution is -2.44. The van der Waals surface area contributed by atoms with Crippen LogP contribution in [0.4, 0.5) is 0 Å². The fraction of sp³-hybridized carbons (Fsp3) is 0.467. The van der Waals surface area contributed by atoms with Crippen molar-refractivity contribution in [3.8, 4) is 11.4 Å². The van der Waals surface area contributed by atoms with Crippen molar-refractivity contribution in [1.29, 1.82) is 0 Å². The minimum absolute atomic E-state index is 0.331. The average Bonchev–Trinajstić information content (AvgIpc) is 2.86. The van der Waals surface area contributed by atoms with E-state index in [2.05, 4.69) is 53.6 Å². The van der Waals surface area contributed by atoms with E-state index in [1.54, 1.807) is 0 Å². The lowest BCUT2D eigenvalue weighted by molar-refractivity contribution is 0.252. The molecule has 1 aromatic heterocycles. The van der Waals surface area contributed by atoms with Crippen LogP contribution in [-0.4, -0.2) is 23.2 Å². The van der Waals surface area contributed by atoms with Gasteiger partial charge in [-0.05, 0) is 31.0 Å². The summed E-state index contributed by atoms with van der Waals surface area (Å²) in [6.45, 7) is 6.40. The van der Waals surface area contributed by atoms with Crippen molar-refractivity contribution in [2.24, 2.45) is 5.92 Å². The van der Waals surface area contributed by atoms with Crippen molar-refractivity contribution in [2.45, 2.75) is 26.2 Å². The highest BCUT2D eigenvalue weighted by molar-refractivity contribution is 5.54. The Bertz CT molecular complexity index is 543. The maximum absolute atomic E-state index is 5.41. The first-order chi connectivity index (χ1) is 9.28. The number of hydrogen-bond donors (Lipinski definition) is 1. The van der Waals surface area contributed by atoms with Crippen molar-refractivity contribution in [1.82, 2.24) is 15.5 Å². The Morgan fingerprint density at radius 3 is 2.63 bits per heavy atom. The van der Waals surface area contributed by atoms with Gasteiger partial charge in [0.1, 0.15) is 0 Å². The number of aryl methyl sites for hydroxylation is 1. The Labute approximate surface area is 113 Å². The summed E-state index contributed by atoms with van der Waals surface area (Å²) in [7, 11) is 0. The molecule has 0 saturated carbocycles. The van der Waals surface area contributed by atoms with Gasteiger partial charge in [0, 0.05) is 11.5 Å². The van der Waals surface area contributed by atoms with Crippen LogP contribution >= 0.6 is 0 Å². The monoisotopic (exact) mass is 257 g/mol. The van der Waals surface area contributed by atoms with Crippen molar-refractivity contribution in [3.63, 3.8) is 0 Å². The van der Waals surface area contributed by atoms with Gasteiger partial charge in [-0.25, -0.2) is 0 Å². The van der Waals surface area contributed by atoms with Crippen LogP contribution in [0.5, 0.6) is 0 Å². The summed E-state index contributed by atoms with van der Waals surface area (Å²) in [6, 6.07) is 8.35. The lowest BCUT2D eigenvalue weighted by Gasteiger charge is -2.30. The highest BCUT2D eigenvalue weighted by Gasteiger charge is 2.28. The van der Waals surface area contributed by atoms with E-state index in [0.29, 0.717) is 17.7 Å². The third kappa shape index (κ3) is 2.40. The molecule has 100 valence electrons. The maximum atomic E-state index is 5.41. The van der Waals surface area contributed by atoms with Crippen LogP contribution in [0, 0.1) is 5.92 Å². The maximum Gasteiger partial charge on any atom is 0.230 e. The summed E-state index contributed by atoms with van der Waals surface area (Å²) < 4.78 is 5.41. The van der Waals surface area contributed by atoms with E-state index in [9.17, 15) is 0 Å². The average molecular weight is 257 g/mol. The fourth-order valence-electron chi connectivity index (χ4n) is 2.29. The number of hydrogen-bond acceptors (Lipinski definition) is 4. The quantitative estimate of drug-likeness (QED) is 0.914. The summed E-state index contributed by atoms with van der Waals surface area (Å²) >= 11 is 0. The number of nitrogens with zero attached hydrogens (tertiary/aromatic N) is 2. The van der Waals surface area contributed by atoms with Crippen molar-refractivity contribution in [3.05, 3.63) is 35.7 Å². The zero-order chi connectivity index (χ0) is 13.2. The second-order valence-corrected chi connectivity index (χ2v) is 5.21. The van der Waals surface area contributed by atoms with Crippen LogP contribution in [0.15, 0.2) is 28.8 Å². The Morgan fingerprint density at radius 2 is 2.05 bits per heavy atom. The number of rotatable bonds is 4. The molecule has 1 aliphatic heterocycles. The minimum atomic E-state index is 0.331. The fourth-order valence-corrected chi connectivity index (χ4v) is 2.29. The van der Waals surface area contributed by atoms with Crippen molar-refractivity contribution < 1.29 is 4.52 Å². The summed E-state index contributed by atoms with van der Waals surface area (Å²) in [5.41, 5.74) is 2.34. The molecule has 1 aliphatic rings. The smallest absolute Gasteiger partial charge is 0.230 e. The SMILES string of the molecule is CCc1ccc(-c2noc(C(C)C3CNC3)n2)cc1. The van der Waals surface area contributed by atoms with E-state index in [-0.39, 0.29) is 0 Å². The second kappa shape index (κ2) is 5.13. The Hall–Kier alpha value is -1.68. The molecule has 1 unspecified atom stereocenters. The Kier molecular flexibility index (Phi) is 3.34. The van der Waals surface area contributed by atoms with Crippen LogP contribution < -0.4 is 5.32 Å². The van der Waals surface area contributed by atoms with Gasteiger partial charge in [0.05, 0.1) is 0 Å². The zero-order valence-corrected chi connectivity index (χ0v) is 11.4. The van der Waals surface area contributed by atoms with Crippen LogP contribution in [-0.2, 0) is 6.42 Å². The summed E-state index contributed by atoms with van der Waals surface area (Å²) in [5.74, 6) is 2.39. The van der Waals surface area contributed by atoms with Gasteiger partial charge in [0.15, 0.2) is 0 Å². The highest BCUT2D eigenvalue weighted by atomic mass is 16.5. The summed E-state index contributed by atoms with van der Waals surface area (Å²) in [6.07, 6.45) is 1.05. The van der Waals surface area contributed by atoms with Crippen molar-refractivity contribution in [2.75, 3.05) is 13.1 Å². The first-order valence-corrected chi connectivity index (χ1v) is 6.91. The van der Waals surface area contributed by atoms with Crippen LogP contribution in [0.2, 0.25) is 0 Å². The molecule has 4 nitrogen and oxygen atoms in total. The first kappa shape index (κ1) is 12.4. The van der Waals surface area contributed by atoms with Crippen LogP contribution in [0.25, 0.3) is 11.4 Å². The van der Waals surface area contributed by atoms with Gasteiger partial charge in [0.25, 0.3) is 0 Å². The van der Waals surface area contributed by atoms with E-state index >= 15 is 0 Å². The molecule has 1 saturated heterocycles. The van der Waals surface area contributed by atoms with Gasteiger partial charge in [0.2, 0.25) is 11.7 Å². The second-order valence-electron chi connectivity index (χ2n) is 5.21. The summed E-state index contributed by atoms with van der Waals surface area (Å²) in [4.78, 5) is 4.53. The van der Waals surface area contributed by atoms with E-state index in [1.165, 1.54) is 5.56 Å². The number of nitrogens with one attached hydrogen (secondary N) is 1. The van der Waals surface area contributed by atoms with E-state index in [4.69, 9.17) is 4.52 Å². The van der Waals surface area contributed by atoms with Gasteiger partial charge < -0.3 is 9.84 Å².